The van der Waals surface area contributed by atoms with Gasteiger partial charge in [-0.05, 0) is 76.4 Å². The fourth-order valence-electron chi connectivity index (χ4n) is 6.96. The second kappa shape index (κ2) is 36.9. The molecular weight excluding hydrogens is 609 g/mol. The van der Waals surface area contributed by atoms with Gasteiger partial charge in [-0.2, -0.15) is 0 Å². The summed E-state index contributed by atoms with van der Waals surface area (Å²) in [5, 5.41) is 0. The molecule has 0 aromatic heterocycles. The highest BCUT2D eigenvalue weighted by Crippen LogP contribution is 2.50. The van der Waals surface area contributed by atoms with E-state index in [4.69, 9.17) is 9.05 Å². The van der Waals surface area contributed by atoms with Crippen molar-refractivity contribution in [1.82, 2.24) is 4.90 Å². The zero-order valence-electron chi connectivity index (χ0n) is 34.0. The molecule has 0 N–H and O–H groups in total. The number of unbranched alkanes of at least 4 members (excludes halogenated alkanes) is 18. The molecule has 0 bridgehead atoms. The Morgan fingerprint density at radius 2 is 0.688 bits per heavy atom. The highest BCUT2D eigenvalue weighted by atomic mass is 31.2. The first-order valence-corrected chi connectivity index (χ1v) is 23.8. The summed E-state index contributed by atoms with van der Waals surface area (Å²) in [4.78, 5) is 2.60. The molecule has 0 spiro atoms. The SMILES string of the molecule is CCCCCCCCC(CCCCCC)COP(=O)(CCCN(CCCC)CCCC)OCC(CCCCCC)CCCCCCCC. The highest BCUT2D eigenvalue weighted by Gasteiger charge is 2.28. The van der Waals surface area contributed by atoms with Crippen molar-refractivity contribution >= 4 is 7.60 Å². The van der Waals surface area contributed by atoms with Gasteiger partial charge in [0.1, 0.15) is 0 Å². The third kappa shape index (κ3) is 30.9. The van der Waals surface area contributed by atoms with Gasteiger partial charge in [-0.15, -0.1) is 0 Å². The van der Waals surface area contributed by atoms with E-state index in [1.807, 2.05) is 0 Å². The van der Waals surface area contributed by atoms with Crippen LogP contribution in [0.25, 0.3) is 0 Å². The third-order valence-corrected chi connectivity index (χ3v) is 12.4. The molecular formula is C43H90NO3P. The Kier molecular flexibility index (Phi) is 37.0. The van der Waals surface area contributed by atoms with Crippen molar-refractivity contribution in [2.24, 2.45) is 11.8 Å². The lowest BCUT2D eigenvalue weighted by atomic mass is 9.95. The second-order valence-electron chi connectivity index (χ2n) is 15.4. The first-order chi connectivity index (χ1) is 23.5. The molecule has 0 radical (unpaired) electrons. The monoisotopic (exact) mass is 700 g/mol. The van der Waals surface area contributed by atoms with Crippen LogP contribution < -0.4 is 0 Å². The average molecular weight is 700 g/mol. The molecule has 4 nitrogen and oxygen atoms in total. The van der Waals surface area contributed by atoms with Gasteiger partial charge in [0, 0.05) is 0 Å². The molecule has 290 valence electrons. The van der Waals surface area contributed by atoms with Crippen molar-refractivity contribution in [2.75, 3.05) is 39.0 Å². The molecule has 0 saturated heterocycles. The summed E-state index contributed by atoms with van der Waals surface area (Å²) in [6.07, 6.45) is 37.5. The number of hydrogen-bond acceptors (Lipinski definition) is 4. The molecule has 0 aliphatic carbocycles. The number of rotatable bonds is 40. The van der Waals surface area contributed by atoms with Crippen molar-refractivity contribution in [1.29, 1.82) is 0 Å². The van der Waals surface area contributed by atoms with Gasteiger partial charge in [0.05, 0.1) is 19.4 Å². The molecule has 0 aliphatic heterocycles. The van der Waals surface area contributed by atoms with E-state index in [1.54, 1.807) is 0 Å². The molecule has 5 heteroatoms. The van der Waals surface area contributed by atoms with Crippen LogP contribution >= 0.6 is 7.60 Å². The predicted molar refractivity (Wildman–Crippen MR) is 216 cm³/mol. The fourth-order valence-corrected chi connectivity index (χ4v) is 8.70. The Balaban J connectivity index is 5.53. The maximum Gasteiger partial charge on any atom is 0.330 e. The Labute approximate surface area is 304 Å². The van der Waals surface area contributed by atoms with Gasteiger partial charge in [-0.3, -0.25) is 4.57 Å². The maximum absolute atomic E-state index is 14.6. The molecule has 0 aromatic carbocycles. The Bertz CT molecular complexity index is 626. The summed E-state index contributed by atoms with van der Waals surface area (Å²) >= 11 is 0. The lowest BCUT2D eigenvalue weighted by molar-refractivity contribution is 0.145. The zero-order chi connectivity index (χ0) is 35.4. The minimum absolute atomic E-state index is 0.503. The molecule has 2 unspecified atom stereocenters. The lowest BCUT2D eigenvalue weighted by Crippen LogP contribution is -2.28. The van der Waals surface area contributed by atoms with E-state index in [2.05, 4.69) is 46.4 Å². The molecule has 0 aromatic rings. The number of hydrogen-bond donors (Lipinski definition) is 0. The van der Waals surface area contributed by atoms with Crippen LogP contribution in [0.5, 0.6) is 0 Å². The van der Waals surface area contributed by atoms with Gasteiger partial charge in [-0.1, -0.05) is 183 Å². The fraction of sp³-hybridized carbons (Fsp3) is 1.00. The van der Waals surface area contributed by atoms with Gasteiger partial charge in [-0.25, -0.2) is 0 Å². The van der Waals surface area contributed by atoms with Crippen LogP contribution in [-0.4, -0.2) is 43.9 Å². The zero-order valence-corrected chi connectivity index (χ0v) is 34.9. The van der Waals surface area contributed by atoms with E-state index >= 15 is 0 Å². The molecule has 48 heavy (non-hydrogen) atoms. The van der Waals surface area contributed by atoms with E-state index in [1.165, 1.54) is 180 Å². The van der Waals surface area contributed by atoms with Crippen molar-refractivity contribution in [3.05, 3.63) is 0 Å². The van der Waals surface area contributed by atoms with Gasteiger partial charge in [0.2, 0.25) is 0 Å². The molecule has 0 rings (SSSR count). The van der Waals surface area contributed by atoms with Crippen LogP contribution in [0.15, 0.2) is 0 Å². The second-order valence-corrected chi connectivity index (χ2v) is 17.6. The minimum atomic E-state index is -3.16. The first kappa shape index (κ1) is 48.1. The van der Waals surface area contributed by atoms with Crippen molar-refractivity contribution in [3.8, 4) is 0 Å². The summed E-state index contributed by atoms with van der Waals surface area (Å²) in [6, 6.07) is 0. The highest BCUT2D eigenvalue weighted by molar-refractivity contribution is 7.53. The molecule has 2 atom stereocenters. The third-order valence-electron chi connectivity index (χ3n) is 10.4. The van der Waals surface area contributed by atoms with E-state index in [0.717, 1.165) is 26.1 Å². The van der Waals surface area contributed by atoms with Gasteiger partial charge in [0.25, 0.3) is 0 Å². The van der Waals surface area contributed by atoms with Crippen LogP contribution in [0.2, 0.25) is 0 Å². The smallest absolute Gasteiger partial charge is 0.308 e. The molecule has 0 aliphatic rings. The summed E-state index contributed by atoms with van der Waals surface area (Å²) in [7, 11) is -3.16. The summed E-state index contributed by atoms with van der Waals surface area (Å²) in [6.45, 7) is 18.3. The number of nitrogens with zero attached hydrogens (tertiary/aromatic N) is 1. The topological polar surface area (TPSA) is 38.8 Å². The Morgan fingerprint density at radius 1 is 0.396 bits per heavy atom. The normalized spacial score (nSPS) is 14.5. The lowest BCUT2D eigenvalue weighted by Gasteiger charge is -2.27. The Morgan fingerprint density at radius 3 is 1.04 bits per heavy atom. The summed E-state index contributed by atoms with van der Waals surface area (Å²) in [5.41, 5.74) is 0. The maximum atomic E-state index is 14.6. The van der Waals surface area contributed by atoms with E-state index in [0.29, 0.717) is 31.2 Å². The standard InChI is InChI=1S/C43H90NO3P/c1-7-13-19-23-25-29-34-42(32-27-21-15-9-3)40-46-48(45,39-31-38-44(36-17-11-5)37-18-12-6)47-41-43(33-28-22-16-10-4)35-30-26-24-20-14-8-2/h42-43H,7-41H2,1-6H3. The van der Waals surface area contributed by atoms with Gasteiger partial charge >= 0.3 is 7.60 Å². The van der Waals surface area contributed by atoms with Gasteiger partial charge < -0.3 is 13.9 Å². The first-order valence-electron chi connectivity index (χ1n) is 22.1. The quantitative estimate of drug-likeness (QED) is 0.0471. The van der Waals surface area contributed by atoms with E-state index in [-0.39, 0.29) is 0 Å². The molecule has 0 heterocycles. The molecule has 0 amide bonds. The van der Waals surface area contributed by atoms with Crippen LogP contribution in [0.4, 0.5) is 0 Å². The van der Waals surface area contributed by atoms with Crippen LogP contribution in [0.1, 0.15) is 228 Å². The van der Waals surface area contributed by atoms with Crippen molar-refractivity contribution in [2.45, 2.75) is 228 Å². The van der Waals surface area contributed by atoms with Gasteiger partial charge in [0.15, 0.2) is 0 Å². The van der Waals surface area contributed by atoms with Crippen molar-refractivity contribution in [3.63, 3.8) is 0 Å². The predicted octanol–water partition coefficient (Wildman–Crippen LogP) is 15.2. The largest absolute Gasteiger partial charge is 0.330 e. The Hall–Kier alpha value is 0.110. The van der Waals surface area contributed by atoms with Crippen LogP contribution in [0.3, 0.4) is 0 Å². The van der Waals surface area contributed by atoms with E-state index in [9.17, 15) is 4.57 Å². The molecule has 0 saturated carbocycles. The van der Waals surface area contributed by atoms with Crippen molar-refractivity contribution < 1.29 is 13.6 Å². The summed E-state index contributed by atoms with van der Waals surface area (Å²) in [5.74, 6) is 1.01. The van der Waals surface area contributed by atoms with E-state index < -0.39 is 7.60 Å². The summed E-state index contributed by atoms with van der Waals surface area (Å²) < 4.78 is 27.8. The average Bonchev–Trinajstić information content (AvgIpc) is 3.09. The van der Waals surface area contributed by atoms with Crippen LogP contribution in [0, 0.1) is 11.8 Å². The minimum Gasteiger partial charge on any atom is -0.308 e. The van der Waals surface area contributed by atoms with Crippen LogP contribution in [-0.2, 0) is 13.6 Å². The molecule has 0 fully saturated rings.